The molecule has 174 valence electrons. The highest BCUT2D eigenvalue weighted by atomic mass is 35.5. The lowest BCUT2D eigenvalue weighted by Gasteiger charge is -2.24. The van der Waals surface area contributed by atoms with Gasteiger partial charge in [-0.3, -0.25) is 9.10 Å². The first-order chi connectivity index (χ1) is 14.8. The number of hydrogen-bond donors (Lipinski definition) is 1. The van der Waals surface area contributed by atoms with E-state index in [4.69, 9.17) is 16.3 Å². The molecule has 13 heteroatoms. The summed E-state index contributed by atoms with van der Waals surface area (Å²) in [6.07, 6.45) is -1.76. The van der Waals surface area contributed by atoms with Crippen LogP contribution in [-0.4, -0.2) is 40.2 Å². The summed E-state index contributed by atoms with van der Waals surface area (Å²) in [7, 11) is -2.98. The van der Waals surface area contributed by atoms with Crippen LogP contribution in [0.1, 0.15) is 32.8 Å². The number of carbonyl (C=O) groups is 2. The van der Waals surface area contributed by atoms with Crippen molar-refractivity contribution in [1.82, 2.24) is 0 Å². The molecular weight excluding hydrogens is 493 g/mol. The topological polar surface area (TPSA) is 92.8 Å². The molecule has 0 saturated carbocycles. The SMILES string of the molecule is COC(=O)c1c(NC(=O)CN(c2cc(C(F)(F)F)ccc2Cl)S(C)(=O)=O)sc2c1CCC2. The average molecular weight is 511 g/mol. The molecule has 1 aromatic heterocycles. The van der Waals surface area contributed by atoms with Gasteiger partial charge in [0.15, 0.2) is 0 Å². The maximum absolute atomic E-state index is 13.1. The van der Waals surface area contributed by atoms with Gasteiger partial charge in [-0.05, 0) is 43.0 Å². The summed E-state index contributed by atoms with van der Waals surface area (Å²) < 4.78 is 69.2. The second-order valence-corrected chi connectivity index (χ2v) is 10.5. The highest BCUT2D eigenvalue weighted by molar-refractivity contribution is 7.92. The van der Waals surface area contributed by atoms with Crippen LogP contribution < -0.4 is 9.62 Å². The summed E-state index contributed by atoms with van der Waals surface area (Å²) in [6.45, 7) is -0.844. The van der Waals surface area contributed by atoms with E-state index in [0.717, 1.165) is 35.6 Å². The summed E-state index contributed by atoms with van der Waals surface area (Å²) in [5.74, 6) is -1.49. The van der Waals surface area contributed by atoms with Crippen molar-refractivity contribution in [1.29, 1.82) is 0 Å². The Labute approximate surface area is 191 Å². The number of sulfonamides is 1. The van der Waals surface area contributed by atoms with Crippen molar-refractivity contribution in [2.24, 2.45) is 0 Å². The lowest BCUT2D eigenvalue weighted by Crippen LogP contribution is -2.37. The predicted molar refractivity (Wildman–Crippen MR) is 115 cm³/mol. The number of fused-ring (bicyclic) bond motifs is 1. The lowest BCUT2D eigenvalue weighted by molar-refractivity contribution is -0.137. The van der Waals surface area contributed by atoms with Crippen LogP contribution in [0.4, 0.5) is 23.9 Å². The Hall–Kier alpha value is -2.31. The Bertz CT molecular complexity index is 1180. The molecule has 3 rings (SSSR count). The second-order valence-electron chi connectivity index (χ2n) is 7.03. The predicted octanol–water partition coefficient (Wildman–Crippen LogP) is 4.10. The number of rotatable bonds is 6. The van der Waals surface area contributed by atoms with E-state index in [1.54, 1.807) is 0 Å². The number of halogens is 4. The van der Waals surface area contributed by atoms with Gasteiger partial charge in [0, 0.05) is 4.88 Å². The number of nitrogens with one attached hydrogen (secondary N) is 1. The molecule has 32 heavy (non-hydrogen) atoms. The van der Waals surface area contributed by atoms with E-state index < -0.39 is 45.9 Å². The minimum Gasteiger partial charge on any atom is -0.465 e. The number of alkyl halides is 3. The molecule has 2 aromatic rings. The van der Waals surface area contributed by atoms with Crippen LogP contribution in [0.3, 0.4) is 0 Å². The number of anilines is 2. The number of benzene rings is 1. The number of methoxy groups -OCH3 is 1. The Kier molecular flexibility index (Phi) is 6.78. The second kappa shape index (κ2) is 8.91. The average Bonchev–Trinajstić information content (AvgIpc) is 3.25. The van der Waals surface area contributed by atoms with Gasteiger partial charge in [0.1, 0.15) is 11.5 Å². The summed E-state index contributed by atoms with van der Waals surface area (Å²) in [6, 6.07) is 2.19. The van der Waals surface area contributed by atoms with Crippen LogP contribution in [0.15, 0.2) is 18.2 Å². The van der Waals surface area contributed by atoms with Gasteiger partial charge >= 0.3 is 12.1 Å². The molecule has 1 aliphatic carbocycles. The fourth-order valence-electron chi connectivity index (χ4n) is 3.37. The summed E-state index contributed by atoms with van der Waals surface area (Å²) >= 11 is 7.15. The first kappa shape index (κ1) is 24.3. The maximum atomic E-state index is 13.1. The van der Waals surface area contributed by atoms with Crippen molar-refractivity contribution in [3.05, 3.63) is 44.8 Å². The summed E-state index contributed by atoms with van der Waals surface area (Å²) in [5, 5.41) is 2.43. The van der Waals surface area contributed by atoms with E-state index >= 15 is 0 Å². The number of carbonyl (C=O) groups excluding carboxylic acids is 2. The number of amides is 1. The van der Waals surface area contributed by atoms with Crippen molar-refractivity contribution >= 4 is 55.5 Å². The van der Waals surface area contributed by atoms with Gasteiger partial charge in [-0.15, -0.1) is 11.3 Å². The smallest absolute Gasteiger partial charge is 0.416 e. The molecule has 1 amide bonds. The zero-order valence-electron chi connectivity index (χ0n) is 16.9. The fourth-order valence-corrected chi connectivity index (χ4v) is 5.79. The number of hydrogen-bond acceptors (Lipinski definition) is 6. The number of aryl methyl sites for hydroxylation is 1. The van der Waals surface area contributed by atoms with E-state index in [-0.39, 0.29) is 15.6 Å². The van der Waals surface area contributed by atoms with Gasteiger partial charge in [-0.2, -0.15) is 13.2 Å². The molecule has 1 N–H and O–H groups in total. The quantitative estimate of drug-likeness (QED) is 0.591. The molecule has 0 radical (unpaired) electrons. The van der Waals surface area contributed by atoms with E-state index in [1.165, 1.54) is 18.4 Å². The van der Waals surface area contributed by atoms with Crippen LogP contribution in [0.25, 0.3) is 0 Å². The molecule has 0 aliphatic heterocycles. The van der Waals surface area contributed by atoms with E-state index in [2.05, 4.69) is 5.32 Å². The molecule has 0 unspecified atom stereocenters. The maximum Gasteiger partial charge on any atom is 0.416 e. The molecule has 7 nitrogen and oxygen atoms in total. The summed E-state index contributed by atoms with van der Waals surface area (Å²) in [5.41, 5.74) is -0.617. The zero-order valence-corrected chi connectivity index (χ0v) is 19.3. The molecular formula is C19H18ClF3N2O5S2. The van der Waals surface area contributed by atoms with Crippen LogP contribution >= 0.6 is 22.9 Å². The van der Waals surface area contributed by atoms with E-state index in [1.807, 2.05) is 0 Å². The van der Waals surface area contributed by atoms with E-state index in [9.17, 15) is 31.2 Å². The Morgan fingerprint density at radius 1 is 1.28 bits per heavy atom. The molecule has 1 aromatic carbocycles. The van der Waals surface area contributed by atoms with Gasteiger partial charge in [-0.1, -0.05) is 11.6 Å². The number of thiophene rings is 1. The van der Waals surface area contributed by atoms with Crippen molar-refractivity contribution < 1.29 is 35.9 Å². The first-order valence-electron chi connectivity index (χ1n) is 9.20. The minimum absolute atomic E-state index is 0.204. The summed E-state index contributed by atoms with van der Waals surface area (Å²) in [4.78, 5) is 25.8. The third kappa shape index (κ3) is 5.02. The highest BCUT2D eigenvalue weighted by Gasteiger charge is 2.33. The largest absolute Gasteiger partial charge is 0.465 e. The van der Waals surface area contributed by atoms with Gasteiger partial charge in [0.25, 0.3) is 0 Å². The van der Waals surface area contributed by atoms with Gasteiger partial charge in [0.05, 0.1) is 35.2 Å². The Morgan fingerprint density at radius 2 is 1.97 bits per heavy atom. The van der Waals surface area contributed by atoms with Crippen LogP contribution in [0, 0.1) is 0 Å². The first-order valence-corrected chi connectivity index (χ1v) is 12.2. The standard InChI is InChI=1S/C19H18ClF3N2O5S2/c1-30-18(27)16-11-4-3-5-14(11)31-17(16)24-15(26)9-25(32(2,28)29)13-8-10(19(21,22)23)6-7-12(13)20/h6-8H,3-5,9H2,1-2H3,(H,24,26). The number of nitrogens with zero attached hydrogens (tertiary/aromatic N) is 1. The van der Waals surface area contributed by atoms with Crippen molar-refractivity contribution in [2.75, 3.05) is 29.5 Å². The molecule has 0 saturated heterocycles. The third-order valence-electron chi connectivity index (χ3n) is 4.79. The number of ether oxygens (including phenoxy) is 1. The number of esters is 1. The molecule has 0 atom stereocenters. The minimum atomic E-state index is -4.74. The van der Waals surface area contributed by atoms with Crippen LogP contribution in [0.5, 0.6) is 0 Å². The molecule has 0 bridgehead atoms. The highest BCUT2D eigenvalue weighted by Crippen LogP contribution is 2.40. The van der Waals surface area contributed by atoms with E-state index in [0.29, 0.717) is 22.9 Å². The normalized spacial score (nSPS) is 13.6. The van der Waals surface area contributed by atoms with Crippen molar-refractivity contribution in [2.45, 2.75) is 25.4 Å². The molecule has 1 aliphatic rings. The Morgan fingerprint density at radius 3 is 2.56 bits per heavy atom. The molecule has 1 heterocycles. The van der Waals surface area contributed by atoms with Crippen molar-refractivity contribution in [3.8, 4) is 0 Å². The molecule has 0 fully saturated rings. The molecule has 0 spiro atoms. The third-order valence-corrected chi connectivity index (χ3v) is 7.45. The van der Waals surface area contributed by atoms with Crippen LogP contribution in [-0.2, 0) is 38.6 Å². The van der Waals surface area contributed by atoms with Crippen molar-refractivity contribution in [3.63, 3.8) is 0 Å². The van der Waals surface area contributed by atoms with Gasteiger partial charge in [-0.25, -0.2) is 13.2 Å². The monoisotopic (exact) mass is 510 g/mol. The van der Waals surface area contributed by atoms with Crippen LogP contribution in [0.2, 0.25) is 5.02 Å². The fraction of sp³-hybridized carbons (Fsp3) is 0.368. The van der Waals surface area contributed by atoms with Gasteiger partial charge in [0.2, 0.25) is 15.9 Å². The van der Waals surface area contributed by atoms with Gasteiger partial charge < -0.3 is 10.1 Å². The zero-order chi connectivity index (χ0) is 23.8. The Balaban J connectivity index is 1.93. The lowest BCUT2D eigenvalue weighted by atomic mass is 10.1.